The number of para-hydroxylation sites is 1. The topological polar surface area (TPSA) is 61.8 Å². The summed E-state index contributed by atoms with van der Waals surface area (Å²) in [4.78, 5) is 30.2. The Bertz CT molecular complexity index is 809. The highest BCUT2D eigenvalue weighted by atomic mass is 16.2. The van der Waals surface area contributed by atoms with Gasteiger partial charge in [0.05, 0.1) is 17.5 Å². The number of hydrogen-bond acceptors (Lipinski definition) is 3. The van der Waals surface area contributed by atoms with E-state index in [1.54, 1.807) is 0 Å². The Morgan fingerprint density at radius 1 is 0.846 bits per heavy atom. The fraction of sp³-hybridized carbons (Fsp3) is 0.286. The van der Waals surface area contributed by atoms with Crippen molar-refractivity contribution in [3.63, 3.8) is 0 Å². The van der Waals surface area contributed by atoms with E-state index >= 15 is 0 Å². The number of hydrazine groups is 1. The van der Waals surface area contributed by atoms with Crippen molar-refractivity contribution in [2.45, 2.75) is 25.7 Å². The van der Waals surface area contributed by atoms with E-state index in [-0.39, 0.29) is 23.7 Å². The van der Waals surface area contributed by atoms with Crippen molar-refractivity contribution in [3.05, 3.63) is 66.2 Å². The fourth-order valence-corrected chi connectivity index (χ4v) is 3.76. The lowest BCUT2D eigenvalue weighted by Crippen LogP contribution is -2.46. The van der Waals surface area contributed by atoms with Crippen molar-refractivity contribution in [2.75, 3.05) is 0 Å². The van der Waals surface area contributed by atoms with Crippen LogP contribution in [0.2, 0.25) is 0 Å². The van der Waals surface area contributed by atoms with Crippen LogP contribution in [0.15, 0.2) is 65.7 Å². The molecular formula is C21H21N3O2. The molecule has 1 saturated carbocycles. The van der Waals surface area contributed by atoms with Crippen molar-refractivity contribution >= 4 is 23.3 Å². The largest absolute Gasteiger partial charge is 0.272 e. The van der Waals surface area contributed by atoms with E-state index in [1.807, 2.05) is 60.7 Å². The van der Waals surface area contributed by atoms with Crippen LogP contribution in [0.3, 0.4) is 0 Å². The molecule has 2 fully saturated rings. The fourth-order valence-electron chi connectivity index (χ4n) is 3.76. The summed E-state index contributed by atoms with van der Waals surface area (Å²) in [6, 6.07) is 19.1. The van der Waals surface area contributed by atoms with E-state index in [1.165, 1.54) is 5.01 Å². The van der Waals surface area contributed by atoms with E-state index < -0.39 is 0 Å². The monoisotopic (exact) mass is 347 g/mol. The highest BCUT2D eigenvalue weighted by Gasteiger charge is 2.48. The first-order chi connectivity index (χ1) is 12.7. The second-order valence-electron chi connectivity index (χ2n) is 6.78. The van der Waals surface area contributed by atoms with Crippen molar-refractivity contribution in [2.24, 2.45) is 16.8 Å². The third-order valence-electron chi connectivity index (χ3n) is 5.10. The summed E-state index contributed by atoms with van der Waals surface area (Å²) in [6.45, 7) is 0. The number of rotatable bonds is 3. The summed E-state index contributed by atoms with van der Waals surface area (Å²) in [5.41, 5.74) is 4.61. The Labute approximate surface area is 152 Å². The molecular weight excluding hydrogens is 326 g/mol. The van der Waals surface area contributed by atoms with Gasteiger partial charge in [-0.1, -0.05) is 61.4 Å². The van der Waals surface area contributed by atoms with Crippen LogP contribution in [-0.2, 0) is 9.59 Å². The number of benzene rings is 2. The van der Waals surface area contributed by atoms with Crippen LogP contribution in [-0.4, -0.2) is 22.7 Å². The Morgan fingerprint density at radius 3 is 1.96 bits per heavy atom. The molecule has 2 unspecified atom stereocenters. The van der Waals surface area contributed by atoms with Crippen LogP contribution in [0.1, 0.15) is 31.2 Å². The lowest BCUT2D eigenvalue weighted by Gasteiger charge is -2.19. The molecule has 0 spiro atoms. The Balaban J connectivity index is 1.66. The molecule has 2 aromatic rings. The molecule has 132 valence electrons. The van der Waals surface area contributed by atoms with Gasteiger partial charge in [0.25, 0.3) is 11.8 Å². The standard InChI is InChI=1S/C21H21N3O2/c25-20-17-13-7-8-14-18(17)21(26)24(20)23-19(15-9-3-1-4-10-15)22-16-11-5-2-6-12-16/h1-6,9-12,17-18H,7-8,13-14H2,(H,22,23). The van der Waals surface area contributed by atoms with Crippen molar-refractivity contribution in [1.29, 1.82) is 0 Å². The predicted molar refractivity (Wildman–Crippen MR) is 99.5 cm³/mol. The van der Waals surface area contributed by atoms with Gasteiger partial charge in [-0.25, -0.2) is 4.99 Å². The van der Waals surface area contributed by atoms with Crippen LogP contribution in [0.5, 0.6) is 0 Å². The molecule has 0 bridgehead atoms. The Kier molecular flexibility index (Phi) is 4.52. The van der Waals surface area contributed by atoms with Crippen LogP contribution in [0.25, 0.3) is 0 Å². The van der Waals surface area contributed by atoms with Crippen molar-refractivity contribution in [1.82, 2.24) is 10.4 Å². The van der Waals surface area contributed by atoms with Gasteiger partial charge in [0, 0.05) is 5.56 Å². The maximum absolute atomic E-state index is 12.8. The number of amides is 2. The summed E-state index contributed by atoms with van der Waals surface area (Å²) in [5, 5.41) is 1.19. The summed E-state index contributed by atoms with van der Waals surface area (Å²) < 4.78 is 0. The zero-order chi connectivity index (χ0) is 17.9. The highest BCUT2D eigenvalue weighted by Crippen LogP contribution is 2.37. The summed E-state index contributed by atoms with van der Waals surface area (Å²) in [6.07, 6.45) is 3.61. The molecule has 2 amide bonds. The van der Waals surface area contributed by atoms with Crippen molar-refractivity contribution < 1.29 is 9.59 Å². The maximum Gasteiger partial charge on any atom is 0.252 e. The number of imide groups is 1. The number of hydrogen-bond donors (Lipinski definition) is 1. The molecule has 2 aliphatic rings. The third kappa shape index (κ3) is 3.12. The predicted octanol–water partition coefficient (Wildman–Crippen LogP) is 3.44. The minimum Gasteiger partial charge on any atom is -0.272 e. The van der Waals surface area contributed by atoms with Gasteiger partial charge in [-0.3, -0.25) is 15.0 Å². The first-order valence-electron chi connectivity index (χ1n) is 9.07. The Morgan fingerprint density at radius 2 is 1.38 bits per heavy atom. The number of amidine groups is 1. The number of carbonyl (C=O) groups is 2. The summed E-state index contributed by atoms with van der Waals surface area (Å²) >= 11 is 0. The van der Waals surface area contributed by atoms with Gasteiger partial charge < -0.3 is 0 Å². The molecule has 5 heteroatoms. The van der Waals surface area contributed by atoms with E-state index in [9.17, 15) is 9.59 Å². The lowest BCUT2D eigenvalue weighted by molar-refractivity contribution is -0.142. The molecule has 0 aromatic heterocycles. The van der Waals surface area contributed by atoms with Gasteiger partial charge in [0.15, 0.2) is 5.84 Å². The number of aliphatic imine (C=N–C) groups is 1. The van der Waals surface area contributed by atoms with Crippen LogP contribution < -0.4 is 5.43 Å². The molecule has 1 heterocycles. The first kappa shape index (κ1) is 16.5. The number of carbonyl (C=O) groups excluding carboxylic acids is 2. The van der Waals surface area contributed by atoms with E-state index in [4.69, 9.17) is 0 Å². The molecule has 26 heavy (non-hydrogen) atoms. The molecule has 1 saturated heterocycles. The van der Waals surface area contributed by atoms with Crippen LogP contribution in [0.4, 0.5) is 5.69 Å². The van der Waals surface area contributed by atoms with E-state index in [0.717, 1.165) is 36.9 Å². The van der Waals surface area contributed by atoms with E-state index in [0.29, 0.717) is 5.84 Å². The minimum atomic E-state index is -0.183. The maximum atomic E-state index is 12.8. The van der Waals surface area contributed by atoms with Crippen LogP contribution in [0, 0.1) is 11.8 Å². The summed E-state index contributed by atoms with van der Waals surface area (Å²) in [7, 11) is 0. The van der Waals surface area contributed by atoms with Crippen molar-refractivity contribution in [3.8, 4) is 0 Å². The van der Waals surface area contributed by atoms with Gasteiger partial charge in [0.1, 0.15) is 0 Å². The average Bonchev–Trinajstić information content (AvgIpc) is 2.94. The molecule has 2 aromatic carbocycles. The van der Waals surface area contributed by atoms with Crippen LogP contribution >= 0.6 is 0 Å². The SMILES string of the molecule is O=C1C2CCCCC2C(=O)N1NC(=Nc1ccccc1)c1ccccc1. The van der Waals surface area contributed by atoms with Gasteiger partial charge in [0.2, 0.25) is 0 Å². The first-order valence-corrected chi connectivity index (χ1v) is 9.07. The molecule has 5 nitrogen and oxygen atoms in total. The Hall–Kier alpha value is -2.95. The molecule has 1 aliphatic carbocycles. The van der Waals surface area contributed by atoms with Gasteiger partial charge >= 0.3 is 0 Å². The second-order valence-corrected chi connectivity index (χ2v) is 6.78. The molecule has 2 atom stereocenters. The smallest absolute Gasteiger partial charge is 0.252 e. The number of nitrogens with zero attached hydrogens (tertiary/aromatic N) is 2. The zero-order valence-corrected chi connectivity index (χ0v) is 14.5. The molecule has 4 rings (SSSR count). The second kappa shape index (κ2) is 7.12. The number of fused-ring (bicyclic) bond motifs is 1. The number of nitrogens with one attached hydrogen (secondary N) is 1. The quantitative estimate of drug-likeness (QED) is 0.525. The normalized spacial score (nSPS) is 23.1. The third-order valence-corrected chi connectivity index (χ3v) is 5.10. The molecule has 0 radical (unpaired) electrons. The van der Waals surface area contributed by atoms with Gasteiger partial charge in [-0.15, -0.1) is 0 Å². The molecule has 1 N–H and O–H groups in total. The van der Waals surface area contributed by atoms with E-state index in [2.05, 4.69) is 10.4 Å². The lowest BCUT2D eigenvalue weighted by atomic mass is 9.81. The zero-order valence-electron chi connectivity index (χ0n) is 14.5. The van der Waals surface area contributed by atoms with Gasteiger partial charge in [-0.05, 0) is 25.0 Å². The minimum absolute atomic E-state index is 0.128. The summed E-state index contributed by atoms with van der Waals surface area (Å²) in [5.74, 6) is -0.125. The average molecular weight is 347 g/mol. The highest BCUT2D eigenvalue weighted by molar-refractivity contribution is 6.09. The van der Waals surface area contributed by atoms with Gasteiger partial charge in [-0.2, -0.15) is 5.01 Å². The molecule has 1 aliphatic heterocycles.